The van der Waals surface area contributed by atoms with Gasteiger partial charge in [-0.05, 0) is 12.8 Å². The quantitative estimate of drug-likeness (QED) is 0.569. The Balaban J connectivity index is 1.81. The van der Waals surface area contributed by atoms with Gasteiger partial charge in [-0.15, -0.1) is 0 Å². The zero-order valence-corrected chi connectivity index (χ0v) is 7.51. The van der Waals surface area contributed by atoms with Crippen molar-refractivity contribution in [1.82, 2.24) is 10.6 Å². The van der Waals surface area contributed by atoms with E-state index >= 15 is 0 Å². The van der Waals surface area contributed by atoms with Crippen molar-refractivity contribution in [3.8, 4) is 0 Å². The summed E-state index contributed by atoms with van der Waals surface area (Å²) in [4.78, 5) is 11.0. The number of carbonyl (C=O) groups excluding carboxylic acids is 1. The molecule has 3 heterocycles. The van der Waals surface area contributed by atoms with Crippen molar-refractivity contribution in [3.05, 3.63) is 0 Å². The molecular weight excluding hydrogens is 168 g/mol. The second kappa shape index (κ2) is 2.38. The van der Waals surface area contributed by atoms with Gasteiger partial charge < -0.3 is 15.4 Å². The number of alkyl carbamates (subject to hydrolysis) is 1. The standard InChI is InChI=1S/C9H14N2O2/c12-8-10-5-9(13-8)3-6-1-2-7(4-9)11-6/h6-7,11H,1-5H2,(H,10,12). The van der Waals surface area contributed by atoms with Crippen LogP contribution in [-0.2, 0) is 4.74 Å². The lowest BCUT2D eigenvalue weighted by atomic mass is 9.88. The largest absolute Gasteiger partial charge is 0.441 e. The van der Waals surface area contributed by atoms with Crippen LogP contribution >= 0.6 is 0 Å². The first-order valence-electron chi connectivity index (χ1n) is 4.99. The number of nitrogens with one attached hydrogen (secondary N) is 2. The van der Waals surface area contributed by atoms with Gasteiger partial charge in [0.05, 0.1) is 6.54 Å². The molecule has 0 aromatic rings. The summed E-state index contributed by atoms with van der Waals surface area (Å²) < 4.78 is 5.38. The topological polar surface area (TPSA) is 50.4 Å². The van der Waals surface area contributed by atoms with Gasteiger partial charge in [0.1, 0.15) is 5.60 Å². The van der Waals surface area contributed by atoms with Gasteiger partial charge in [0, 0.05) is 24.9 Å². The Bertz CT molecular complexity index is 242. The van der Waals surface area contributed by atoms with Gasteiger partial charge in [-0.2, -0.15) is 0 Å². The third-order valence-electron chi connectivity index (χ3n) is 3.44. The summed E-state index contributed by atoms with van der Waals surface area (Å²) in [6, 6.07) is 1.15. The summed E-state index contributed by atoms with van der Waals surface area (Å²) in [5.74, 6) is 0. The van der Waals surface area contributed by atoms with E-state index in [1.54, 1.807) is 0 Å². The minimum Gasteiger partial charge on any atom is -0.441 e. The van der Waals surface area contributed by atoms with Crippen LogP contribution in [0.25, 0.3) is 0 Å². The minimum absolute atomic E-state index is 0.172. The second-order valence-corrected chi connectivity index (χ2v) is 4.47. The number of hydrogen-bond donors (Lipinski definition) is 2. The van der Waals surface area contributed by atoms with Crippen molar-refractivity contribution in [2.45, 2.75) is 43.4 Å². The molecule has 3 aliphatic heterocycles. The molecule has 13 heavy (non-hydrogen) atoms. The highest BCUT2D eigenvalue weighted by atomic mass is 16.6. The zero-order chi connectivity index (χ0) is 8.89. The van der Waals surface area contributed by atoms with Gasteiger partial charge in [0.15, 0.2) is 0 Å². The maximum atomic E-state index is 11.0. The predicted octanol–water partition coefficient (Wildman–Crippen LogP) is 0.379. The molecule has 0 aromatic heterocycles. The van der Waals surface area contributed by atoms with E-state index in [9.17, 15) is 4.79 Å². The van der Waals surface area contributed by atoms with Crippen LogP contribution in [0.1, 0.15) is 25.7 Å². The molecule has 0 radical (unpaired) electrons. The van der Waals surface area contributed by atoms with E-state index in [1.807, 2.05) is 0 Å². The molecule has 2 bridgehead atoms. The fourth-order valence-electron chi connectivity index (χ4n) is 2.94. The maximum Gasteiger partial charge on any atom is 0.407 e. The molecule has 3 saturated heterocycles. The summed E-state index contributed by atoms with van der Waals surface area (Å²) in [6.07, 6.45) is 4.22. The molecule has 2 N–H and O–H groups in total. The molecular formula is C9H14N2O2. The van der Waals surface area contributed by atoms with Crippen LogP contribution in [0, 0.1) is 0 Å². The van der Waals surface area contributed by atoms with Gasteiger partial charge in [-0.3, -0.25) is 0 Å². The first kappa shape index (κ1) is 7.62. The van der Waals surface area contributed by atoms with Crippen LogP contribution in [0.15, 0.2) is 0 Å². The molecule has 2 atom stereocenters. The number of amides is 1. The number of ether oxygens (including phenoxy) is 1. The van der Waals surface area contributed by atoms with Crippen molar-refractivity contribution in [3.63, 3.8) is 0 Å². The molecule has 1 amide bonds. The van der Waals surface area contributed by atoms with Crippen molar-refractivity contribution < 1.29 is 9.53 Å². The monoisotopic (exact) mass is 182 g/mol. The van der Waals surface area contributed by atoms with E-state index in [0.29, 0.717) is 18.6 Å². The van der Waals surface area contributed by atoms with Crippen LogP contribution in [0.5, 0.6) is 0 Å². The zero-order valence-electron chi connectivity index (χ0n) is 7.51. The average molecular weight is 182 g/mol. The van der Waals surface area contributed by atoms with Gasteiger partial charge in [-0.1, -0.05) is 0 Å². The maximum absolute atomic E-state index is 11.0. The van der Waals surface area contributed by atoms with E-state index in [0.717, 1.165) is 12.8 Å². The average Bonchev–Trinajstić information content (AvgIpc) is 2.58. The fraction of sp³-hybridized carbons (Fsp3) is 0.889. The van der Waals surface area contributed by atoms with Gasteiger partial charge >= 0.3 is 6.09 Å². The summed E-state index contributed by atoms with van der Waals surface area (Å²) >= 11 is 0. The molecule has 4 heteroatoms. The van der Waals surface area contributed by atoms with Crippen molar-refractivity contribution in [2.75, 3.05) is 6.54 Å². The highest BCUT2D eigenvalue weighted by Gasteiger charge is 2.49. The number of carbonyl (C=O) groups is 1. The molecule has 72 valence electrons. The molecule has 3 rings (SSSR count). The molecule has 0 saturated carbocycles. The first-order valence-corrected chi connectivity index (χ1v) is 4.99. The lowest BCUT2D eigenvalue weighted by Gasteiger charge is -2.35. The third kappa shape index (κ3) is 1.12. The van der Waals surface area contributed by atoms with E-state index in [-0.39, 0.29) is 11.7 Å². The summed E-state index contributed by atoms with van der Waals surface area (Å²) in [5, 5.41) is 6.30. The highest BCUT2D eigenvalue weighted by Crippen LogP contribution is 2.37. The van der Waals surface area contributed by atoms with Crippen molar-refractivity contribution in [1.29, 1.82) is 0 Å². The SMILES string of the molecule is O=C1NCC2(CC3CCC(C2)N3)O1. The molecule has 4 nitrogen and oxygen atoms in total. The van der Waals surface area contributed by atoms with E-state index < -0.39 is 0 Å². The second-order valence-electron chi connectivity index (χ2n) is 4.47. The fourth-order valence-corrected chi connectivity index (χ4v) is 2.94. The third-order valence-corrected chi connectivity index (χ3v) is 3.44. The molecule has 0 aliphatic carbocycles. The van der Waals surface area contributed by atoms with Crippen LogP contribution in [0.3, 0.4) is 0 Å². The number of rotatable bonds is 0. The minimum atomic E-state index is -0.235. The lowest BCUT2D eigenvalue weighted by molar-refractivity contribution is 0.0161. The summed E-state index contributed by atoms with van der Waals surface area (Å²) in [6.45, 7) is 0.709. The molecule has 0 aromatic carbocycles. The Morgan fingerprint density at radius 1 is 1.31 bits per heavy atom. The van der Waals surface area contributed by atoms with Crippen molar-refractivity contribution in [2.24, 2.45) is 0 Å². The Kier molecular flexibility index (Phi) is 1.39. The Hall–Kier alpha value is -0.770. The van der Waals surface area contributed by atoms with Crippen LogP contribution in [0.4, 0.5) is 4.79 Å². The van der Waals surface area contributed by atoms with Crippen LogP contribution < -0.4 is 10.6 Å². The molecule has 3 aliphatic rings. The van der Waals surface area contributed by atoms with E-state index in [2.05, 4.69) is 10.6 Å². The van der Waals surface area contributed by atoms with Gasteiger partial charge in [0.2, 0.25) is 0 Å². The molecule has 1 spiro atoms. The lowest BCUT2D eigenvalue weighted by Crippen LogP contribution is -2.50. The van der Waals surface area contributed by atoms with Gasteiger partial charge in [-0.25, -0.2) is 4.79 Å². The predicted molar refractivity (Wildman–Crippen MR) is 46.4 cm³/mol. The summed E-state index contributed by atoms with van der Waals surface area (Å²) in [7, 11) is 0. The normalized spacial score (nSPS) is 47.8. The Morgan fingerprint density at radius 2 is 2.00 bits per heavy atom. The smallest absolute Gasteiger partial charge is 0.407 e. The molecule has 3 fully saturated rings. The van der Waals surface area contributed by atoms with E-state index in [1.165, 1.54) is 12.8 Å². The Labute approximate surface area is 77.0 Å². The summed E-state index contributed by atoms with van der Waals surface area (Å²) in [5.41, 5.74) is -0.172. The highest BCUT2D eigenvalue weighted by molar-refractivity contribution is 5.70. The van der Waals surface area contributed by atoms with Crippen molar-refractivity contribution >= 4 is 6.09 Å². The molecule has 2 unspecified atom stereocenters. The number of fused-ring (bicyclic) bond motifs is 2. The van der Waals surface area contributed by atoms with Crippen LogP contribution in [0.2, 0.25) is 0 Å². The number of hydrogen-bond acceptors (Lipinski definition) is 3. The van der Waals surface area contributed by atoms with Gasteiger partial charge in [0.25, 0.3) is 0 Å². The Morgan fingerprint density at radius 3 is 2.54 bits per heavy atom. The van der Waals surface area contributed by atoms with Crippen LogP contribution in [-0.4, -0.2) is 30.3 Å². The number of piperidine rings is 1. The van der Waals surface area contributed by atoms with E-state index in [4.69, 9.17) is 4.74 Å². The first-order chi connectivity index (χ1) is 6.26.